The molecule has 0 aliphatic heterocycles. The average molecular weight is 183 g/mol. The molecule has 0 atom stereocenters. The topological polar surface area (TPSA) is 41.6 Å². The average Bonchev–Trinajstić information content (AvgIpc) is 2.32. The summed E-state index contributed by atoms with van der Waals surface area (Å²) in [5.74, 6) is -0.925. The van der Waals surface area contributed by atoms with Crippen LogP contribution in [0.1, 0.15) is 11.6 Å². The lowest BCUT2D eigenvalue weighted by atomic mass is 10.6. The molecule has 0 radical (unpaired) electrons. The van der Waals surface area contributed by atoms with E-state index in [1.54, 1.807) is 0 Å². The van der Waals surface area contributed by atoms with E-state index in [0.717, 1.165) is 0 Å². The maximum absolute atomic E-state index is 11.8. The molecule has 0 aliphatic rings. The number of nitrogens with one attached hydrogen (secondary N) is 1. The minimum atomic E-state index is -4.47. The molecule has 0 spiro atoms. The van der Waals surface area contributed by atoms with Crippen LogP contribution in [0.4, 0.5) is 13.2 Å². The molecule has 0 unspecified atom stereocenters. The van der Waals surface area contributed by atoms with E-state index in [-0.39, 0.29) is 11.6 Å². The fraction of sp³-hybridized carbons (Fsp3) is 0.500. The quantitative estimate of drug-likeness (QED) is 0.643. The Morgan fingerprint density at radius 2 is 2.09 bits per heavy atom. The monoisotopic (exact) mass is 183 g/mol. The molecule has 0 saturated heterocycles. The van der Waals surface area contributed by atoms with E-state index in [0.29, 0.717) is 0 Å². The molecule has 11 heavy (non-hydrogen) atoms. The molecule has 1 rings (SSSR count). The Hall–Kier alpha value is -0.720. The number of rotatable bonds is 1. The number of hydrogen-bond acceptors (Lipinski definition) is 3. The van der Waals surface area contributed by atoms with Crippen molar-refractivity contribution < 1.29 is 13.2 Å². The molecule has 1 N–H and O–H groups in total. The Balaban J connectivity index is 2.89. The highest BCUT2D eigenvalue weighted by atomic mass is 32.1. The highest BCUT2D eigenvalue weighted by molar-refractivity contribution is 7.79. The van der Waals surface area contributed by atoms with E-state index in [1.807, 2.05) is 0 Å². The lowest BCUT2D eigenvalue weighted by Gasteiger charge is -1.96. The van der Waals surface area contributed by atoms with Gasteiger partial charge in [-0.05, 0) is 0 Å². The van der Waals surface area contributed by atoms with Crippen molar-refractivity contribution in [2.75, 3.05) is 0 Å². The van der Waals surface area contributed by atoms with Gasteiger partial charge in [-0.15, -0.1) is 5.10 Å². The molecule has 0 bridgehead atoms. The second kappa shape index (κ2) is 2.72. The van der Waals surface area contributed by atoms with Crippen LogP contribution in [-0.4, -0.2) is 15.2 Å². The SMILES string of the molecule is FC(F)(F)c1n[nH]c(CS)n1. The van der Waals surface area contributed by atoms with Gasteiger partial charge in [-0.3, -0.25) is 5.10 Å². The van der Waals surface area contributed by atoms with Crippen LogP contribution in [0.3, 0.4) is 0 Å². The number of H-pyrrole nitrogens is 1. The van der Waals surface area contributed by atoms with E-state index in [1.165, 1.54) is 0 Å². The first-order valence-corrected chi connectivity index (χ1v) is 3.26. The first-order valence-electron chi connectivity index (χ1n) is 2.63. The standard InChI is InChI=1S/C4H4F3N3S/c5-4(6,7)3-8-2(1-11)9-10-3/h11H,1H2,(H,8,9,10). The Kier molecular flexibility index (Phi) is 2.08. The number of alkyl halides is 3. The maximum atomic E-state index is 11.8. The molecule has 62 valence electrons. The molecule has 0 saturated carbocycles. The van der Waals surface area contributed by atoms with E-state index in [9.17, 15) is 13.2 Å². The summed E-state index contributed by atoms with van der Waals surface area (Å²) in [7, 11) is 0. The van der Waals surface area contributed by atoms with Crippen LogP contribution in [0.5, 0.6) is 0 Å². The van der Waals surface area contributed by atoms with Crippen molar-refractivity contribution in [3.8, 4) is 0 Å². The molecular formula is C4H4F3N3S. The number of aromatic nitrogens is 3. The summed E-state index contributed by atoms with van der Waals surface area (Å²) in [4.78, 5) is 3.13. The zero-order valence-corrected chi connectivity index (χ0v) is 6.08. The van der Waals surface area contributed by atoms with E-state index >= 15 is 0 Å². The van der Waals surface area contributed by atoms with Crippen LogP contribution < -0.4 is 0 Å². The lowest BCUT2D eigenvalue weighted by molar-refractivity contribution is -0.144. The first-order chi connectivity index (χ1) is 5.04. The minimum Gasteiger partial charge on any atom is -0.262 e. The summed E-state index contributed by atoms with van der Waals surface area (Å²) < 4.78 is 35.3. The van der Waals surface area contributed by atoms with Gasteiger partial charge < -0.3 is 0 Å². The van der Waals surface area contributed by atoms with Crippen LogP contribution in [0.15, 0.2) is 0 Å². The van der Waals surface area contributed by atoms with E-state index < -0.39 is 12.0 Å². The van der Waals surface area contributed by atoms with Crippen molar-refractivity contribution in [1.82, 2.24) is 15.2 Å². The van der Waals surface area contributed by atoms with Gasteiger partial charge in [-0.1, -0.05) is 0 Å². The fourth-order valence-corrected chi connectivity index (χ4v) is 0.634. The molecule has 0 amide bonds. The number of aromatic amines is 1. The molecule has 0 aromatic carbocycles. The Morgan fingerprint density at radius 1 is 1.45 bits per heavy atom. The van der Waals surface area contributed by atoms with Gasteiger partial charge in [0, 0.05) is 0 Å². The molecule has 1 aromatic rings. The number of hydrogen-bond donors (Lipinski definition) is 2. The second-order valence-electron chi connectivity index (χ2n) is 1.76. The highest BCUT2D eigenvalue weighted by Crippen LogP contribution is 2.25. The summed E-state index contributed by atoms with van der Waals surface area (Å²) in [6.07, 6.45) is -4.47. The van der Waals surface area contributed by atoms with Crippen molar-refractivity contribution in [3.63, 3.8) is 0 Å². The summed E-state index contributed by atoms with van der Waals surface area (Å²) in [5, 5.41) is 5.05. The largest absolute Gasteiger partial charge is 0.453 e. The van der Waals surface area contributed by atoms with Gasteiger partial charge in [0.2, 0.25) is 0 Å². The third kappa shape index (κ3) is 1.86. The third-order valence-corrected chi connectivity index (χ3v) is 1.23. The molecule has 0 aliphatic carbocycles. The Bertz CT molecular complexity index is 243. The zero-order chi connectivity index (χ0) is 8.48. The van der Waals surface area contributed by atoms with Gasteiger partial charge in [-0.25, -0.2) is 4.98 Å². The fourth-order valence-electron chi connectivity index (χ4n) is 0.493. The predicted octanol–water partition coefficient (Wildman–Crippen LogP) is 1.25. The van der Waals surface area contributed by atoms with Gasteiger partial charge in [-0.2, -0.15) is 25.8 Å². The van der Waals surface area contributed by atoms with Crippen LogP contribution >= 0.6 is 12.6 Å². The van der Waals surface area contributed by atoms with Gasteiger partial charge in [0.1, 0.15) is 5.82 Å². The van der Waals surface area contributed by atoms with E-state index in [4.69, 9.17) is 0 Å². The van der Waals surface area contributed by atoms with Crippen LogP contribution in [0, 0.1) is 0 Å². The van der Waals surface area contributed by atoms with Crippen molar-refractivity contribution in [3.05, 3.63) is 11.6 Å². The summed E-state index contributed by atoms with van der Waals surface area (Å²) in [6, 6.07) is 0. The molecule has 1 aromatic heterocycles. The first kappa shape index (κ1) is 8.38. The van der Waals surface area contributed by atoms with Crippen LogP contribution in [-0.2, 0) is 11.9 Å². The van der Waals surface area contributed by atoms with E-state index in [2.05, 4.69) is 27.8 Å². The Morgan fingerprint density at radius 3 is 2.36 bits per heavy atom. The normalized spacial score (nSPS) is 12.0. The molecule has 0 fully saturated rings. The highest BCUT2D eigenvalue weighted by Gasteiger charge is 2.35. The van der Waals surface area contributed by atoms with Crippen LogP contribution in [0.2, 0.25) is 0 Å². The van der Waals surface area contributed by atoms with Crippen molar-refractivity contribution in [1.29, 1.82) is 0 Å². The summed E-state index contributed by atoms with van der Waals surface area (Å²) >= 11 is 3.72. The van der Waals surface area contributed by atoms with Gasteiger partial charge >= 0.3 is 6.18 Å². The minimum absolute atomic E-state index is 0.112. The molecule has 3 nitrogen and oxygen atoms in total. The van der Waals surface area contributed by atoms with Gasteiger partial charge in [0.05, 0.1) is 5.75 Å². The van der Waals surface area contributed by atoms with Crippen LogP contribution in [0.25, 0.3) is 0 Å². The molecule has 1 heterocycles. The predicted molar refractivity (Wildman–Crippen MR) is 34.1 cm³/mol. The third-order valence-electron chi connectivity index (χ3n) is 0.935. The van der Waals surface area contributed by atoms with Crippen molar-refractivity contribution in [2.24, 2.45) is 0 Å². The lowest BCUT2D eigenvalue weighted by Crippen LogP contribution is -2.07. The van der Waals surface area contributed by atoms with Gasteiger partial charge in [0.15, 0.2) is 0 Å². The number of nitrogens with zero attached hydrogens (tertiary/aromatic N) is 2. The number of thiol groups is 1. The van der Waals surface area contributed by atoms with Gasteiger partial charge in [0.25, 0.3) is 5.82 Å². The zero-order valence-electron chi connectivity index (χ0n) is 5.18. The summed E-state index contributed by atoms with van der Waals surface area (Å²) in [5.41, 5.74) is 0. The van der Waals surface area contributed by atoms with Crippen molar-refractivity contribution in [2.45, 2.75) is 11.9 Å². The second-order valence-corrected chi connectivity index (χ2v) is 2.08. The molecule has 7 heteroatoms. The molecular weight excluding hydrogens is 179 g/mol. The number of halogens is 3. The smallest absolute Gasteiger partial charge is 0.262 e. The summed E-state index contributed by atoms with van der Waals surface area (Å²) in [6.45, 7) is 0. The maximum Gasteiger partial charge on any atom is 0.453 e. The Labute approximate surface area is 65.4 Å². The van der Waals surface area contributed by atoms with Crippen molar-refractivity contribution >= 4 is 12.6 Å².